The molecule has 0 aliphatic heterocycles. The molecule has 0 fully saturated rings. The molecule has 1 aromatic carbocycles. The molecule has 0 spiro atoms. The third-order valence-corrected chi connectivity index (χ3v) is 3.99. The summed E-state index contributed by atoms with van der Waals surface area (Å²) < 4.78 is 4.92. The van der Waals surface area contributed by atoms with Crippen LogP contribution >= 0.6 is 0 Å². The molecule has 3 unspecified atom stereocenters. The Morgan fingerprint density at radius 1 is 1.30 bits per heavy atom. The third kappa shape index (κ3) is 4.07. The van der Waals surface area contributed by atoms with E-state index in [1.807, 2.05) is 0 Å². The molecular formula is C17H27NO2. The van der Waals surface area contributed by atoms with Crippen LogP contribution in [0.25, 0.3) is 0 Å². The van der Waals surface area contributed by atoms with Crippen LogP contribution in [0.3, 0.4) is 0 Å². The van der Waals surface area contributed by atoms with E-state index < -0.39 is 0 Å². The first-order valence-corrected chi connectivity index (χ1v) is 7.31. The molecule has 0 heterocycles. The van der Waals surface area contributed by atoms with E-state index >= 15 is 0 Å². The lowest BCUT2D eigenvalue weighted by molar-refractivity contribution is -0.144. The van der Waals surface area contributed by atoms with Gasteiger partial charge in [-0.2, -0.15) is 0 Å². The fourth-order valence-electron chi connectivity index (χ4n) is 2.50. The molecule has 0 aromatic heterocycles. The number of esters is 1. The van der Waals surface area contributed by atoms with Crippen molar-refractivity contribution in [2.75, 3.05) is 7.11 Å². The number of rotatable bonds is 6. The summed E-state index contributed by atoms with van der Waals surface area (Å²) in [6.45, 7) is 10.4. The number of methoxy groups -OCH3 is 1. The second-order valence-corrected chi connectivity index (χ2v) is 5.63. The van der Waals surface area contributed by atoms with Gasteiger partial charge in [-0.3, -0.25) is 10.1 Å². The number of aryl methyl sites for hydroxylation is 2. The van der Waals surface area contributed by atoms with E-state index in [2.05, 4.69) is 58.1 Å². The molecule has 1 N–H and O–H groups in total. The van der Waals surface area contributed by atoms with Gasteiger partial charge < -0.3 is 4.74 Å². The quantitative estimate of drug-likeness (QED) is 0.808. The zero-order valence-corrected chi connectivity index (χ0v) is 13.5. The Morgan fingerprint density at radius 3 is 2.45 bits per heavy atom. The molecule has 1 aromatic rings. The van der Waals surface area contributed by atoms with Crippen LogP contribution in [0.15, 0.2) is 18.2 Å². The van der Waals surface area contributed by atoms with Crippen molar-refractivity contribution in [3.05, 3.63) is 34.9 Å². The molecule has 0 bridgehead atoms. The van der Waals surface area contributed by atoms with E-state index in [4.69, 9.17) is 4.74 Å². The molecule has 3 atom stereocenters. The fraction of sp³-hybridized carbons (Fsp3) is 0.588. The highest BCUT2D eigenvalue weighted by Crippen LogP contribution is 2.21. The van der Waals surface area contributed by atoms with E-state index in [1.54, 1.807) is 0 Å². The number of nitrogens with one attached hydrogen (secondary N) is 1. The summed E-state index contributed by atoms with van der Waals surface area (Å²) in [5, 5.41) is 3.42. The predicted molar refractivity (Wildman–Crippen MR) is 82.7 cm³/mol. The second kappa shape index (κ2) is 7.44. The minimum Gasteiger partial charge on any atom is -0.468 e. The van der Waals surface area contributed by atoms with E-state index in [0.717, 1.165) is 6.42 Å². The highest BCUT2D eigenvalue weighted by Gasteiger charge is 2.26. The zero-order valence-electron chi connectivity index (χ0n) is 13.5. The number of hydrogen-bond donors (Lipinski definition) is 1. The zero-order chi connectivity index (χ0) is 15.3. The number of hydrogen-bond acceptors (Lipinski definition) is 3. The molecule has 112 valence electrons. The van der Waals surface area contributed by atoms with Gasteiger partial charge in [0.25, 0.3) is 0 Å². The van der Waals surface area contributed by atoms with E-state index in [0.29, 0.717) is 0 Å². The van der Waals surface area contributed by atoms with Gasteiger partial charge in [0.1, 0.15) is 6.04 Å². The van der Waals surface area contributed by atoms with Gasteiger partial charge in [-0.05, 0) is 37.8 Å². The van der Waals surface area contributed by atoms with Crippen molar-refractivity contribution >= 4 is 5.97 Å². The first-order chi connectivity index (χ1) is 9.40. The van der Waals surface area contributed by atoms with Gasteiger partial charge in [-0.25, -0.2) is 0 Å². The molecule has 20 heavy (non-hydrogen) atoms. The molecule has 0 amide bonds. The molecule has 0 saturated heterocycles. The van der Waals surface area contributed by atoms with Gasteiger partial charge in [-0.1, -0.05) is 44.0 Å². The summed E-state index contributed by atoms with van der Waals surface area (Å²) >= 11 is 0. The molecule has 3 nitrogen and oxygen atoms in total. The molecule has 0 aliphatic rings. The minimum absolute atomic E-state index is 0.119. The maximum absolute atomic E-state index is 11.9. The SMILES string of the molecule is CCC(C)C(NC(C)c1ccc(C)cc1C)C(=O)OC. The summed E-state index contributed by atoms with van der Waals surface area (Å²) in [4.78, 5) is 11.9. The average molecular weight is 277 g/mol. The number of carbonyl (C=O) groups is 1. The highest BCUT2D eigenvalue weighted by atomic mass is 16.5. The minimum atomic E-state index is -0.263. The Morgan fingerprint density at radius 2 is 1.95 bits per heavy atom. The fourth-order valence-corrected chi connectivity index (χ4v) is 2.50. The van der Waals surface area contributed by atoms with Crippen molar-refractivity contribution < 1.29 is 9.53 Å². The van der Waals surface area contributed by atoms with Gasteiger partial charge in [0, 0.05) is 6.04 Å². The van der Waals surface area contributed by atoms with Crippen LogP contribution in [0.4, 0.5) is 0 Å². The average Bonchev–Trinajstić information content (AvgIpc) is 2.42. The first kappa shape index (κ1) is 16.7. The van der Waals surface area contributed by atoms with Crippen molar-refractivity contribution in [3.8, 4) is 0 Å². The van der Waals surface area contributed by atoms with Crippen molar-refractivity contribution in [1.82, 2.24) is 5.32 Å². The molecule has 0 saturated carbocycles. The Labute approximate surface area is 122 Å². The Bertz CT molecular complexity index is 456. The normalized spacial score (nSPS) is 15.5. The summed E-state index contributed by atoms with van der Waals surface area (Å²) in [5.74, 6) is 0.0617. The lowest BCUT2D eigenvalue weighted by Gasteiger charge is -2.26. The number of benzene rings is 1. The molecule has 0 aliphatic carbocycles. The number of carbonyl (C=O) groups excluding carboxylic acids is 1. The van der Waals surface area contributed by atoms with E-state index in [-0.39, 0.29) is 24.0 Å². The largest absolute Gasteiger partial charge is 0.468 e. The summed E-state index contributed by atoms with van der Waals surface area (Å²) in [6, 6.07) is 6.27. The van der Waals surface area contributed by atoms with E-state index in [1.165, 1.54) is 23.8 Å². The van der Waals surface area contributed by atoms with Gasteiger partial charge in [0.2, 0.25) is 0 Å². The van der Waals surface area contributed by atoms with Crippen molar-refractivity contribution in [3.63, 3.8) is 0 Å². The standard InChI is InChI=1S/C17H27NO2/c1-7-12(3)16(17(19)20-6)18-14(5)15-9-8-11(2)10-13(15)4/h8-10,12,14,16,18H,7H2,1-6H3. The van der Waals surface area contributed by atoms with Gasteiger partial charge in [0.05, 0.1) is 7.11 Å². The molecule has 1 rings (SSSR count). The van der Waals surface area contributed by atoms with Gasteiger partial charge in [0.15, 0.2) is 0 Å². The maximum Gasteiger partial charge on any atom is 0.323 e. The van der Waals surface area contributed by atoms with Crippen molar-refractivity contribution in [2.45, 2.75) is 53.1 Å². The molecular weight excluding hydrogens is 250 g/mol. The third-order valence-electron chi connectivity index (χ3n) is 3.99. The summed E-state index contributed by atoms with van der Waals surface area (Å²) in [6.07, 6.45) is 0.937. The Kier molecular flexibility index (Phi) is 6.21. The molecule has 3 heteroatoms. The predicted octanol–water partition coefficient (Wildman–Crippen LogP) is 3.54. The van der Waals surface area contributed by atoms with Crippen LogP contribution in [0.2, 0.25) is 0 Å². The van der Waals surface area contributed by atoms with E-state index in [9.17, 15) is 4.79 Å². The van der Waals surface area contributed by atoms with Crippen LogP contribution in [-0.2, 0) is 9.53 Å². The van der Waals surface area contributed by atoms with Crippen LogP contribution < -0.4 is 5.32 Å². The lowest BCUT2D eigenvalue weighted by atomic mass is 9.95. The van der Waals surface area contributed by atoms with Crippen LogP contribution in [0, 0.1) is 19.8 Å². The van der Waals surface area contributed by atoms with Crippen LogP contribution in [0.5, 0.6) is 0 Å². The monoisotopic (exact) mass is 277 g/mol. The summed E-state index contributed by atoms with van der Waals surface area (Å²) in [7, 11) is 1.45. The van der Waals surface area contributed by atoms with Crippen molar-refractivity contribution in [2.24, 2.45) is 5.92 Å². The van der Waals surface area contributed by atoms with Gasteiger partial charge >= 0.3 is 5.97 Å². The van der Waals surface area contributed by atoms with Crippen LogP contribution in [-0.4, -0.2) is 19.1 Å². The Balaban J connectivity index is 2.90. The maximum atomic E-state index is 11.9. The van der Waals surface area contributed by atoms with Crippen LogP contribution in [0.1, 0.15) is 49.9 Å². The van der Waals surface area contributed by atoms with Crippen molar-refractivity contribution in [1.29, 1.82) is 0 Å². The second-order valence-electron chi connectivity index (χ2n) is 5.63. The molecule has 0 radical (unpaired) electrons. The Hall–Kier alpha value is -1.35. The smallest absolute Gasteiger partial charge is 0.323 e. The highest BCUT2D eigenvalue weighted by molar-refractivity contribution is 5.76. The summed E-state index contributed by atoms with van der Waals surface area (Å²) in [5.41, 5.74) is 3.73. The van der Waals surface area contributed by atoms with Gasteiger partial charge in [-0.15, -0.1) is 0 Å². The number of ether oxygens (including phenoxy) is 1. The first-order valence-electron chi connectivity index (χ1n) is 7.31. The topological polar surface area (TPSA) is 38.3 Å². The lowest BCUT2D eigenvalue weighted by Crippen LogP contribution is -2.43.